The Hall–Kier alpha value is -10.9. The molecular formula is C96H96O39S3. The summed E-state index contributed by atoms with van der Waals surface area (Å²) < 4.78 is 442. The van der Waals surface area contributed by atoms with Crippen LogP contribution in [0.25, 0.3) is 0 Å². The van der Waals surface area contributed by atoms with Crippen molar-refractivity contribution in [1.82, 2.24) is 0 Å². The monoisotopic (exact) mass is 2000 g/mol. The van der Waals surface area contributed by atoms with Crippen LogP contribution in [0.2, 0.25) is 0 Å². The van der Waals surface area contributed by atoms with Crippen LogP contribution < -0.4 is 56.8 Å². The van der Waals surface area contributed by atoms with Crippen LogP contribution >= 0.6 is 34.0 Å². The molecule has 732 valence electrons. The Morgan fingerprint density at radius 1 is 0.348 bits per heavy atom. The maximum atomic E-state index is 14.0. The van der Waals surface area contributed by atoms with E-state index in [9.17, 15) is 63.1 Å². The molecule has 138 heavy (non-hydrogen) atoms. The number of phenols is 3. The van der Waals surface area contributed by atoms with E-state index >= 15 is 0 Å². The maximum absolute atomic E-state index is 14.0. The minimum Gasteiger partial charge on any atom is -0.502 e. The van der Waals surface area contributed by atoms with E-state index in [1.807, 2.05) is 0 Å². The van der Waals surface area contributed by atoms with Crippen molar-refractivity contribution in [3.8, 4) is 86.2 Å². The predicted molar refractivity (Wildman–Crippen MR) is 468 cm³/mol. The molecule has 15 heterocycles. The first-order valence-electron chi connectivity index (χ1n) is 59.7. The van der Waals surface area contributed by atoms with Crippen molar-refractivity contribution in [2.75, 3.05) is 102 Å². The molecule has 0 bridgehead atoms. The minimum absolute atomic E-state index is 0.0199. The quantitative estimate of drug-likeness (QED) is 0.0288. The number of aromatic hydroxyl groups is 3. The molecule has 0 saturated carbocycles. The predicted octanol–water partition coefficient (Wildman–Crippen LogP) is 8.26. The summed E-state index contributed by atoms with van der Waals surface area (Å²) in [6, 6.07) is 22.1. The molecule has 0 amide bonds. The third kappa shape index (κ3) is 16.1. The lowest BCUT2D eigenvalue weighted by Gasteiger charge is -2.48. The highest BCUT2D eigenvalue weighted by Gasteiger charge is 2.62. The van der Waals surface area contributed by atoms with Crippen LogP contribution in [-0.4, -0.2) is 258 Å². The van der Waals surface area contributed by atoms with Crippen LogP contribution in [0, 0.1) is 35.5 Å². The summed E-state index contributed by atoms with van der Waals surface area (Å²) in [7, 11) is -19.4. The van der Waals surface area contributed by atoms with Crippen molar-refractivity contribution in [2.45, 2.75) is 147 Å². The van der Waals surface area contributed by atoms with Gasteiger partial charge in [-0.15, -0.1) is 34.0 Å². The van der Waals surface area contributed by atoms with Gasteiger partial charge < -0.3 is 174 Å². The Morgan fingerprint density at radius 2 is 0.652 bits per heavy atom. The number of benzene rings is 6. The summed E-state index contributed by atoms with van der Waals surface area (Å²) in [5.41, 5.74) is -2.04. The van der Waals surface area contributed by atoms with Crippen LogP contribution in [0.3, 0.4) is 0 Å². The van der Waals surface area contributed by atoms with Gasteiger partial charge in [0.15, 0.2) is 107 Å². The van der Waals surface area contributed by atoms with Crippen molar-refractivity contribution in [2.24, 2.45) is 35.5 Å². The number of ether oxygens (including phenoxy) is 27. The molecule has 9 fully saturated rings. The molecule has 0 radical (unpaired) electrons. The summed E-state index contributed by atoms with van der Waals surface area (Å²) in [6.45, 7) is -22.7. The van der Waals surface area contributed by atoms with E-state index < -0.39 is 360 Å². The van der Waals surface area contributed by atoms with Crippen molar-refractivity contribution in [3.63, 3.8) is 0 Å². The molecule has 9 saturated heterocycles. The SMILES string of the molecule is [2H]C([2H])([2H])Oc1cc([C@@H]2c3cc4c(cc3[C@@H](O[C@@H]3O[C@H]5[C@@H](O[C@H](c6cccs6)OC5([2H])[2H])[C@H](O)[C@H]3O)[C@@H]3[C@@H]2C(=O)OC3([2H])[2H])OC([2H])([2H])O4)cc(OC([2H])([2H])[2H])c1O.[2H]C([2H])([2H])Oc1cc([C@]2([2H])c3cc4c(cc3[C@@H](O[C@@H]3O[C@H]5[C@@H](O[C@H](c6cccs6)OC5([2H])[2H])[C@H](O)[C@H]3O)[C@@H]3[C@@H]2C(=O)OC3([2H])[2H])OC([2H])([2H])O4)cc(OC([2H])([2H])[2H])c1O.[2H]C([2H])([2H])Oc1cc([C@]2([2H])c3cc4c(cc3[C@@H](O[C@@H]3O[C@H]5[C@@H](O[C@H](c6cccs6)OC5([2H])[2H])[C@H](O)[C@H]3O)[C@H]3COC(=O)[C@@H]32)OC([2H])([2H])O4)cc(OC([2H])([2H])[2H])c1O. The van der Waals surface area contributed by atoms with E-state index in [2.05, 4.69) is 0 Å². The second kappa shape index (κ2) is 37.6. The smallest absolute Gasteiger partial charge is 0.310 e. The number of aliphatic hydroxyl groups is 6. The van der Waals surface area contributed by atoms with E-state index in [-0.39, 0.29) is 79.0 Å². The number of rotatable bonds is 18. The second-order valence-electron chi connectivity index (χ2n) is 32.8. The zero-order valence-corrected chi connectivity index (χ0v) is 71.9. The van der Waals surface area contributed by atoms with Crippen LogP contribution in [0.4, 0.5) is 0 Å². The minimum atomic E-state index is -3.28. The summed E-state index contributed by atoms with van der Waals surface area (Å²) in [5, 5.41) is 106. The summed E-state index contributed by atoms with van der Waals surface area (Å²) in [6.07, 6.45) is -36.1. The third-order valence-electron chi connectivity index (χ3n) is 25.4. The van der Waals surface area contributed by atoms with Crippen LogP contribution in [-0.2, 0) is 85.4 Å². The van der Waals surface area contributed by atoms with Crippen molar-refractivity contribution < 1.29 is 238 Å². The average molecular weight is 2010 g/mol. The number of esters is 3. The van der Waals surface area contributed by atoms with Gasteiger partial charge in [0.05, 0.1) is 171 Å². The Balaban J connectivity index is 0.000000143. The van der Waals surface area contributed by atoms with Gasteiger partial charge in [0.25, 0.3) is 0 Å². The fourth-order valence-electron chi connectivity index (χ4n) is 19.1. The fourth-order valence-corrected chi connectivity index (χ4v) is 21.1. The number of carbonyl (C=O) groups excluding carboxylic acids is 3. The lowest BCUT2D eigenvalue weighted by atomic mass is 9.66. The van der Waals surface area contributed by atoms with E-state index in [0.717, 1.165) is 54.6 Å². The average Bonchev–Trinajstić information content (AvgIpc) is 1.50. The van der Waals surface area contributed by atoms with Crippen LogP contribution in [0.5, 0.6) is 86.2 Å². The Morgan fingerprint density at radius 3 is 1.00 bits per heavy atom. The number of carbonyl (C=O) groups is 3. The van der Waals surface area contributed by atoms with E-state index in [0.29, 0.717) is 14.6 Å². The van der Waals surface area contributed by atoms with Gasteiger partial charge in [-0.2, -0.15) is 0 Å². The molecule has 0 unspecified atom stereocenters. The Kier molecular flexibility index (Phi) is 16.3. The van der Waals surface area contributed by atoms with Gasteiger partial charge in [-0.1, -0.05) is 18.2 Å². The van der Waals surface area contributed by atoms with E-state index in [1.54, 1.807) is 52.5 Å². The molecule has 24 rings (SSSR count). The van der Waals surface area contributed by atoms with E-state index in [1.165, 1.54) is 52.2 Å². The number of hydrogen-bond acceptors (Lipinski definition) is 42. The number of fused-ring (bicyclic) bond motifs is 12. The number of cyclic esters (lactones) is 3. The molecule has 15 aliphatic rings. The highest BCUT2D eigenvalue weighted by molar-refractivity contribution is 7.10. The Labute approximate surface area is 848 Å². The number of hydrogen-bond donors (Lipinski definition) is 9. The first-order valence-corrected chi connectivity index (χ1v) is 44.3. The standard InChI is InChI=1S/3C32H32O13S/c3*1-37-19-6-13(7-20(38-2)25(19)33)23-14-8-17-18(42-12-41-17)9-15(14)28(16-10-39-30(36)24(16)23)44-32-27(35)26(34)29-21(43-32)11-40-31(45-29)22-4-3-5-46-22/h3*3-9,16,21,23-24,26-29,31-35H,10-12H2,1-2H3/t3*16-,21+,23+,24-,26+,27+,28+,29+,31+,32-/m000/s1/i1D3,2D3,10D2,11D2,12D2,23D;1D3,2D3,11D2,12D2,23D;1D3,2D3,10D2,11D2,12D2. The molecule has 30 atom stereocenters. The number of phenolic OH excluding ortho intramolecular Hbond substituents is 3. The van der Waals surface area contributed by atoms with Gasteiger partial charge >= 0.3 is 17.9 Å². The molecule has 3 aliphatic carbocycles. The molecule has 9 N–H and O–H groups in total. The number of aliphatic hydroxyl groups excluding tert-OH is 6. The maximum Gasteiger partial charge on any atom is 0.310 e. The molecule has 6 aromatic carbocycles. The topological polar surface area (TPSA) is 482 Å². The molecule has 12 aliphatic heterocycles. The zero-order valence-electron chi connectivity index (χ0n) is 105. The van der Waals surface area contributed by atoms with Gasteiger partial charge in [0, 0.05) is 38.2 Å². The lowest BCUT2D eigenvalue weighted by Crippen LogP contribution is -2.62. The van der Waals surface area contributed by atoms with Crippen molar-refractivity contribution >= 4 is 51.9 Å². The molecule has 0 spiro atoms. The van der Waals surface area contributed by atoms with Gasteiger partial charge in [-0.05, 0) is 157 Å². The molecule has 9 aromatic rings. The fraction of sp³-hybridized carbons (Fsp3) is 0.469. The Bertz CT molecular complexity index is 7600. The number of thiophene rings is 3. The largest absolute Gasteiger partial charge is 0.502 e. The normalized spacial score (nSPS) is 42.7. The molecule has 39 nitrogen and oxygen atoms in total. The highest BCUT2D eigenvalue weighted by atomic mass is 32.1. The number of methoxy groups -OCH3 is 6. The third-order valence-corrected chi connectivity index (χ3v) is 28.1. The van der Waals surface area contributed by atoms with Crippen molar-refractivity contribution in [1.29, 1.82) is 0 Å². The molecule has 42 heteroatoms. The van der Waals surface area contributed by atoms with Gasteiger partial charge in [-0.25, -0.2) is 0 Å². The first-order chi connectivity index (χ1) is 80.5. The first kappa shape index (κ1) is 59.6. The van der Waals surface area contributed by atoms with Gasteiger partial charge in [0.1, 0.15) is 81.5 Å². The lowest BCUT2D eigenvalue weighted by molar-refractivity contribution is -0.368. The summed E-state index contributed by atoms with van der Waals surface area (Å²) >= 11 is 3.58. The van der Waals surface area contributed by atoms with E-state index in [4.69, 9.17) is 175 Å². The zero-order chi connectivity index (χ0) is 126. The van der Waals surface area contributed by atoms with Gasteiger partial charge in [-0.3, -0.25) is 14.4 Å². The molecular weight excluding hydrogens is 1870 g/mol. The van der Waals surface area contributed by atoms with Gasteiger partial charge in [0.2, 0.25) is 37.5 Å². The molecule has 3 aromatic heterocycles. The van der Waals surface area contributed by atoms with Crippen molar-refractivity contribution in [3.05, 3.63) is 190 Å². The highest BCUT2D eigenvalue weighted by Crippen LogP contribution is 2.63. The van der Waals surface area contributed by atoms with Crippen LogP contribution in [0.15, 0.2) is 125 Å². The van der Waals surface area contributed by atoms with Crippen LogP contribution in [0.1, 0.15) is 169 Å². The summed E-state index contributed by atoms with van der Waals surface area (Å²) in [4.78, 5) is 43.0. The second-order valence-corrected chi connectivity index (χ2v) is 35.8. The summed E-state index contributed by atoms with van der Waals surface area (Å²) in [5.74, 6) is -30.5.